The Kier molecular flexibility index (Phi) is 5.74. The number of para-hydroxylation sites is 1. The number of hydrogen-bond donors (Lipinski definition) is 2. The van der Waals surface area contributed by atoms with Crippen molar-refractivity contribution in [2.75, 3.05) is 32.8 Å². The summed E-state index contributed by atoms with van der Waals surface area (Å²) in [7, 11) is 0. The number of fused-ring (bicyclic) bond motifs is 1. The fraction of sp³-hybridized carbons (Fsp3) is 0.455. The first-order valence-electron chi connectivity index (χ1n) is 9.75. The van der Waals surface area contributed by atoms with E-state index in [1.54, 1.807) is 0 Å². The number of β-amino-alcohol motifs (C(OH)–C–C–N with tert-alkyl or cyclic N) is 2. The van der Waals surface area contributed by atoms with Gasteiger partial charge in [0.15, 0.2) is 0 Å². The van der Waals surface area contributed by atoms with E-state index in [-0.39, 0.29) is 12.7 Å². The third-order valence-corrected chi connectivity index (χ3v) is 5.41. The number of aliphatic hydroxyl groups is 2. The highest BCUT2D eigenvalue weighted by atomic mass is 16.5. The number of hydrogen-bond acceptors (Lipinski definition) is 5. The molecule has 2 aromatic carbocycles. The molecule has 27 heavy (non-hydrogen) atoms. The summed E-state index contributed by atoms with van der Waals surface area (Å²) < 4.78 is 5.94. The second-order valence-corrected chi connectivity index (χ2v) is 7.67. The van der Waals surface area contributed by atoms with Crippen molar-refractivity contribution in [1.82, 2.24) is 9.80 Å². The van der Waals surface area contributed by atoms with E-state index in [1.165, 1.54) is 11.1 Å². The van der Waals surface area contributed by atoms with Crippen LogP contribution in [0.1, 0.15) is 16.7 Å². The molecule has 0 spiro atoms. The van der Waals surface area contributed by atoms with Gasteiger partial charge in [0, 0.05) is 44.8 Å². The van der Waals surface area contributed by atoms with Crippen LogP contribution in [0.2, 0.25) is 0 Å². The maximum atomic E-state index is 10.5. The second kappa shape index (κ2) is 8.40. The van der Waals surface area contributed by atoms with Crippen LogP contribution >= 0.6 is 0 Å². The summed E-state index contributed by atoms with van der Waals surface area (Å²) >= 11 is 0. The topological polar surface area (TPSA) is 56.2 Å². The molecule has 1 atom stereocenters. The maximum Gasteiger partial charge on any atom is 0.123 e. The molecule has 4 rings (SSSR count). The van der Waals surface area contributed by atoms with Gasteiger partial charge in [-0.05, 0) is 23.6 Å². The third-order valence-electron chi connectivity index (χ3n) is 5.41. The van der Waals surface area contributed by atoms with Gasteiger partial charge >= 0.3 is 0 Å². The number of rotatable bonds is 7. The molecule has 0 radical (unpaired) electrons. The third kappa shape index (κ3) is 4.68. The molecule has 5 nitrogen and oxygen atoms in total. The minimum absolute atomic E-state index is 0.199. The largest absolute Gasteiger partial charge is 0.491 e. The Morgan fingerprint density at radius 1 is 1.00 bits per heavy atom. The van der Waals surface area contributed by atoms with E-state index in [4.69, 9.17) is 4.74 Å². The molecule has 144 valence electrons. The minimum Gasteiger partial charge on any atom is -0.491 e. The molecule has 2 aliphatic rings. The van der Waals surface area contributed by atoms with Gasteiger partial charge in [-0.25, -0.2) is 0 Å². The highest BCUT2D eigenvalue weighted by molar-refractivity contribution is 5.33. The maximum absolute atomic E-state index is 10.5. The lowest BCUT2D eigenvalue weighted by Gasteiger charge is -2.36. The van der Waals surface area contributed by atoms with Crippen LogP contribution in [0.3, 0.4) is 0 Å². The number of benzene rings is 2. The Balaban J connectivity index is 1.28. The van der Waals surface area contributed by atoms with Gasteiger partial charge in [-0.3, -0.25) is 9.80 Å². The van der Waals surface area contributed by atoms with Crippen LogP contribution in [0.5, 0.6) is 5.75 Å². The van der Waals surface area contributed by atoms with Crippen molar-refractivity contribution in [3.8, 4) is 5.75 Å². The SMILES string of the molecule is OC1CN(Cc2ccccc2OC[C@@H](O)CN2CCc3ccccc3C2)C1. The van der Waals surface area contributed by atoms with Gasteiger partial charge in [0.2, 0.25) is 0 Å². The smallest absolute Gasteiger partial charge is 0.123 e. The van der Waals surface area contributed by atoms with Crippen LogP contribution in [0, 0.1) is 0 Å². The fourth-order valence-corrected chi connectivity index (χ4v) is 3.93. The zero-order chi connectivity index (χ0) is 18.6. The molecule has 5 heteroatoms. The molecule has 1 fully saturated rings. The zero-order valence-electron chi connectivity index (χ0n) is 15.6. The summed E-state index contributed by atoms with van der Waals surface area (Å²) in [6.45, 7) is 4.97. The van der Waals surface area contributed by atoms with Crippen LogP contribution < -0.4 is 4.74 Å². The minimum atomic E-state index is -0.519. The lowest BCUT2D eigenvalue weighted by atomic mass is 10.00. The average Bonchev–Trinajstić information content (AvgIpc) is 2.66. The monoisotopic (exact) mass is 368 g/mol. The van der Waals surface area contributed by atoms with E-state index in [2.05, 4.69) is 34.1 Å². The number of nitrogens with zero attached hydrogens (tertiary/aromatic N) is 2. The van der Waals surface area contributed by atoms with E-state index in [0.717, 1.165) is 37.4 Å². The normalized spacial score (nSPS) is 19.3. The summed E-state index contributed by atoms with van der Waals surface area (Å²) in [5, 5.41) is 19.9. The Hall–Kier alpha value is -1.92. The quantitative estimate of drug-likeness (QED) is 0.779. The first-order valence-corrected chi connectivity index (χ1v) is 9.75. The Morgan fingerprint density at radius 2 is 1.74 bits per heavy atom. The predicted octanol–water partition coefficient (Wildman–Crippen LogP) is 1.66. The Bertz CT molecular complexity index is 761. The zero-order valence-corrected chi connectivity index (χ0v) is 15.6. The molecule has 0 amide bonds. The van der Waals surface area contributed by atoms with Crippen LogP contribution in [-0.4, -0.2) is 65.0 Å². The van der Waals surface area contributed by atoms with Crippen molar-refractivity contribution in [2.45, 2.75) is 31.7 Å². The first kappa shape index (κ1) is 18.4. The van der Waals surface area contributed by atoms with Gasteiger partial charge < -0.3 is 14.9 Å². The second-order valence-electron chi connectivity index (χ2n) is 7.67. The lowest BCUT2D eigenvalue weighted by molar-refractivity contribution is -0.00357. The Morgan fingerprint density at radius 3 is 2.56 bits per heavy atom. The molecule has 0 bridgehead atoms. The van der Waals surface area contributed by atoms with Crippen LogP contribution in [0.4, 0.5) is 0 Å². The van der Waals surface area contributed by atoms with Crippen LogP contribution in [0.15, 0.2) is 48.5 Å². The molecule has 0 aromatic heterocycles. The standard InChI is InChI=1S/C22H28N2O3/c25-20-13-24(14-20)12-19-7-3-4-8-22(19)27-16-21(26)15-23-10-9-17-5-1-2-6-18(17)11-23/h1-8,20-21,25-26H,9-16H2/t21-/m0/s1. The molecule has 2 heterocycles. The average molecular weight is 368 g/mol. The Labute approximate surface area is 160 Å². The lowest BCUT2D eigenvalue weighted by Crippen LogP contribution is -2.49. The van der Waals surface area contributed by atoms with Crippen molar-refractivity contribution in [3.05, 3.63) is 65.2 Å². The van der Waals surface area contributed by atoms with Gasteiger partial charge in [0.05, 0.1) is 6.10 Å². The molecule has 0 saturated carbocycles. The molecule has 0 aliphatic carbocycles. The van der Waals surface area contributed by atoms with Crippen molar-refractivity contribution in [2.24, 2.45) is 0 Å². The number of ether oxygens (including phenoxy) is 1. The molecule has 2 aromatic rings. The van der Waals surface area contributed by atoms with Crippen LogP contribution in [0.25, 0.3) is 0 Å². The van der Waals surface area contributed by atoms with E-state index < -0.39 is 6.10 Å². The van der Waals surface area contributed by atoms with Crippen LogP contribution in [-0.2, 0) is 19.5 Å². The van der Waals surface area contributed by atoms with E-state index >= 15 is 0 Å². The summed E-state index contributed by atoms with van der Waals surface area (Å²) in [4.78, 5) is 4.48. The number of likely N-dealkylation sites (tertiary alicyclic amines) is 1. The van der Waals surface area contributed by atoms with Crippen molar-refractivity contribution in [3.63, 3.8) is 0 Å². The predicted molar refractivity (Wildman–Crippen MR) is 105 cm³/mol. The first-order chi connectivity index (χ1) is 13.2. The van der Waals surface area contributed by atoms with Crippen molar-refractivity contribution in [1.29, 1.82) is 0 Å². The summed E-state index contributed by atoms with van der Waals surface area (Å²) in [6, 6.07) is 16.5. The van der Waals surface area contributed by atoms with Gasteiger partial charge in [-0.15, -0.1) is 0 Å². The van der Waals surface area contributed by atoms with E-state index in [1.807, 2.05) is 24.3 Å². The van der Waals surface area contributed by atoms with E-state index in [0.29, 0.717) is 19.6 Å². The van der Waals surface area contributed by atoms with Gasteiger partial charge in [-0.2, -0.15) is 0 Å². The van der Waals surface area contributed by atoms with Gasteiger partial charge in [-0.1, -0.05) is 42.5 Å². The molecular weight excluding hydrogens is 340 g/mol. The van der Waals surface area contributed by atoms with Crippen molar-refractivity contribution < 1.29 is 14.9 Å². The number of aliphatic hydroxyl groups excluding tert-OH is 2. The highest BCUT2D eigenvalue weighted by Gasteiger charge is 2.25. The van der Waals surface area contributed by atoms with Gasteiger partial charge in [0.1, 0.15) is 18.5 Å². The van der Waals surface area contributed by atoms with Crippen molar-refractivity contribution >= 4 is 0 Å². The molecular formula is C22H28N2O3. The molecule has 1 saturated heterocycles. The fourth-order valence-electron chi connectivity index (χ4n) is 3.93. The summed E-state index contributed by atoms with van der Waals surface area (Å²) in [6.07, 6.45) is 0.317. The van der Waals surface area contributed by atoms with E-state index in [9.17, 15) is 10.2 Å². The highest BCUT2D eigenvalue weighted by Crippen LogP contribution is 2.23. The molecule has 2 aliphatic heterocycles. The molecule has 0 unspecified atom stereocenters. The molecule has 2 N–H and O–H groups in total. The summed E-state index contributed by atoms with van der Waals surface area (Å²) in [5.74, 6) is 0.821. The summed E-state index contributed by atoms with van der Waals surface area (Å²) in [5.41, 5.74) is 3.88. The van der Waals surface area contributed by atoms with Gasteiger partial charge in [0.25, 0.3) is 0 Å².